The lowest BCUT2D eigenvalue weighted by Crippen LogP contribution is -2.21. The van der Waals surface area contributed by atoms with E-state index in [2.05, 4.69) is 40.1 Å². The van der Waals surface area contributed by atoms with Gasteiger partial charge in [0.05, 0.1) is 11.3 Å². The van der Waals surface area contributed by atoms with Gasteiger partial charge in [-0.05, 0) is 28.1 Å². The Morgan fingerprint density at radius 1 is 1.44 bits per heavy atom. The number of rotatable bonds is 4. The van der Waals surface area contributed by atoms with Crippen molar-refractivity contribution in [3.8, 4) is 11.5 Å². The number of benzene rings is 1. The van der Waals surface area contributed by atoms with Crippen molar-refractivity contribution >= 4 is 15.9 Å². The Balaban J connectivity index is 2.24. The number of hydrogen-bond donors (Lipinski definition) is 1. The first kappa shape index (κ1) is 13.2. The molecule has 2 rings (SSSR count). The number of halogens is 2. The first-order valence-corrected chi connectivity index (χ1v) is 6.49. The van der Waals surface area contributed by atoms with Crippen molar-refractivity contribution < 1.29 is 8.81 Å². The Bertz CT molecular complexity index is 519. The van der Waals surface area contributed by atoms with Crippen molar-refractivity contribution in [1.82, 2.24) is 10.3 Å². The van der Waals surface area contributed by atoms with Gasteiger partial charge in [0, 0.05) is 17.1 Å². The third-order valence-corrected chi connectivity index (χ3v) is 3.08. The maximum absolute atomic E-state index is 13.7. The molecule has 0 saturated carbocycles. The quantitative estimate of drug-likeness (QED) is 0.934. The molecule has 0 bridgehead atoms. The zero-order chi connectivity index (χ0) is 13.1. The summed E-state index contributed by atoms with van der Waals surface area (Å²) in [4.78, 5) is 4.27. The largest absolute Gasteiger partial charge is 0.444 e. The number of nitrogens with one attached hydrogen (secondary N) is 1. The van der Waals surface area contributed by atoms with Crippen LogP contribution in [0.1, 0.15) is 19.5 Å². The smallest absolute Gasteiger partial charge is 0.230 e. The van der Waals surface area contributed by atoms with Crippen molar-refractivity contribution in [2.24, 2.45) is 0 Å². The molecule has 1 heterocycles. The molecule has 1 N–H and O–H groups in total. The van der Waals surface area contributed by atoms with Crippen molar-refractivity contribution in [2.75, 3.05) is 0 Å². The number of nitrogens with zero attached hydrogens (tertiary/aromatic N) is 1. The van der Waals surface area contributed by atoms with Crippen LogP contribution < -0.4 is 5.32 Å². The topological polar surface area (TPSA) is 38.1 Å². The van der Waals surface area contributed by atoms with Gasteiger partial charge in [-0.15, -0.1) is 0 Å². The predicted octanol–water partition coefficient (Wildman–Crippen LogP) is 3.74. The van der Waals surface area contributed by atoms with E-state index >= 15 is 0 Å². The Morgan fingerprint density at radius 2 is 2.22 bits per heavy atom. The molecule has 0 fully saturated rings. The van der Waals surface area contributed by atoms with Crippen molar-refractivity contribution in [2.45, 2.75) is 26.4 Å². The minimum Gasteiger partial charge on any atom is -0.444 e. The lowest BCUT2D eigenvalue weighted by molar-refractivity contribution is 0.553. The van der Waals surface area contributed by atoms with E-state index in [9.17, 15) is 4.39 Å². The molecule has 0 aliphatic heterocycles. The van der Waals surface area contributed by atoms with Gasteiger partial charge in [0.25, 0.3) is 0 Å². The van der Waals surface area contributed by atoms with E-state index < -0.39 is 0 Å². The molecule has 0 spiro atoms. The highest BCUT2D eigenvalue weighted by Gasteiger charge is 2.14. The molecule has 0 unspecified atom stereocenters. The van der Waals surface area contributed by atoms with Crippen LogP contribution in [0.2, 0.25) is 0 Å². The number of oxazole rings is 1. The van der Waals surface area contributed by atoms with Gasteiger partial charge >= 0.3 is 0 Å². The monoisotopic (exact) mass is 312 g/mol. The van der Waals surface area contributed by atoms with E-state index in [0.717, 1.165) is 5.69 Å². The first-order chi connectivity index (χ1) is 8.58. The average Bonchev–Trinajstić information content (AvgIpc) is 2.75. The number of aromatic nitrogens is 1. The maximum Gasteiger partial charge on any atom is 0.230 e. The second-order valence-electron chi connectivity index (χ2n) is 4.28. The molecular formula is C13H14BrFN2O. The summed E-state index contributed by atoms with van der Waals surface area (Å²) in [5, 5.41) is 3.23. The van der Waals surface area contributed by atoms with Gasteiger partial charge in [-0.1, -0.05) is 19.9 Å². The van der Waals surface area contributed by atoms with E-state index in [-0.39, 0.29) is 5.82 Å². The van der Waals surface area contributed by atoms with Gasteiger partial charge in [-0.25, -0.2) is 9.37 Å². The maximum atomic E-state index is 13.7. The van der Waals surface area contributed by atoms with E-state index in [1.807, 2.05) is 0 Å². The minimum atomic E-state index is -0.352. The van der Waals surface area contributed by atoms with Gasteiger partial charge in [0.2, 0.25) is 5.89 Å². The Labute approximate surface area is 114 Å². The highest BCUT2D eigenvalue weighted by molar-refractivity contribution is 9.10. The zero-order valence-electron chi connectivity index (χ0n) is 10.2. The van der Waals surface area contributed by atoms with E-state index in [1.165, 1.54) is 6.07 Å². The first-order valence-electron chi connectivity index (χ1n) is 5.70. The van der Waals surface area contributed by atoms with Crippen LogP contribution in [-0.4, -0.2) is 11.0 Å². The summed E-state index contributed by atoms with van der Waals surface area (Å²) in [6, 6.07) is 5.14. The van der Waals surface area contributed by atoms with Crippen LogP contribution in [0.3, 0.4) is 0 Å². The SMILES string of the molecule is CC(C)NCc1coc(-c2c(F)cccc2Br)n1. The third-order valence-electron chi connectivity index (χ3n) is 2.42. The Morgan fingerprint density at radius 3 is 2.89 bits per heavy atom. The summed E-state index contributed by atoms with van der Waals surface area (Å²) < 4.78 is 19.7. The fourth-order valence-electron chi connectivity index (χ4n) is 1.51. The molecule has 2 aromatic rings. The third kappa shape index (κ3) is 2.97. The minimum absolute atomic E-state index is 0.292. The summed E-state index contributed by atoms with van der Waals surface area (Å²) >= 11 is 3.30. The zero-order valence-corrected chi connectivity index (χ0v) is 11.8. The second-order valence-corrected chi connectivity index (χ2v) is 5.13. The average molecular weight is 313 g/mol. The van der Waals surface area contributed by atoms with Gasteiger partial charge in [0.1, 0.15) is 12.1 Å². The van der Waals surface area contributed by atoms with E-state index in [4.69, 9.17) is 4.42 Å². The van der Waals surface area contributed by atoms with Crippen LogP contribution in [0.15, 0.2) is 33.4 Å². The molecule has 1 aromatic carbocycles. The fourth-order valence-corrected chi connectivity index (χ4v) is 2.03. The predicted molar refractivity (Wildman–Crippen MR) is 71.6 cm³/mol. The summed E-state index contributed by atoms with van der Waals surface area (Å²) in [6.45, 7) is 4.70. The summed E-state index contributed by atoms with van der Waals surface area (Å²) in [5.41, 5.74) is 1.11. The van der Waals surface area contributed by atoms with E-state index in [1.54, 1.807) is 18.4 Å². The van der Waals surface area contributed by atoms with Crippen LogP contribution in [0.5, 0.6) is 0 Å². The van der Waals surface area contributed by atoms with Gasteiger partial charge in [-0.2, -0.15) is 0 Å². The van der Waals surface area contributed by atoms with Crippen LogP contribution >= 0.6 is 15.9 Å². The van der Waals surface area contributed by atoms with Crippen molar-refractivity contribution in [3.05, 3.63) is 40.4 Å². The Hall–Kier alpha value is -1.20. The molecule has 0 amide bonds. The van der Waals surface area contributed by atoms with Crippen molar-refractivity contribution in [1.29, 1.82) is 0 Å². The molecular weight excluding hydrogens is 299 g/mol. The normalized spacial score (nSPS) is 11.2. The highest BCUT2D eigenvalue weighted by Crippen LogP contribution is 2.30. The molecule has 1 aromatic heterocycles. The molecule has 0 aliphatic carbocycles. The van der Waals surface area contributed by atoms with Gasteiger partial charge < -0.3 is 9.73 Å². The second kappa shape index (κ2) is 5.63. The fraction of sp³-hybridized carbons (Fsp3) is 0.308. The summed E-state index contributed by atoms with van der Waals surface area (Å²) in [7, 11) is 0. The lowest BCUT2D eigenvalue weighted by atomic mass is 10.2. The summed E-state index contributed by atoms with van der Waals surface area (Å²) in [6.07, 6.45) is 1.55. The standard InChI is InChI=1S/C13H14BrFN2O/c1-8(2)16-6-9-7-18-13(17-9)12-10(14)4-3-5-11(12)15/h3-5,7-8,16H,6H2,1-2H3. The van der Waals surface area contributed by atoms with Crippen LogP contribution in [-0.2, 0) is 6.54 Å². The molecule has 0 aliphatic rings. The van der Waals surface area contributed by atoms with Gasteiger partial charge in [0.15, 0.2) is 0 Å². The highest BCUT2D eigenvalue weighted by atomic mass is 79.9. The molecule has 18 heavy (non-hydrogen) atoms. The van der Waals surface area contributed by atoms with Crippen molar-refractivity contribution in [3.63, 3.8) is 0 Å². The van der Waals surface area contributed by atoms with Gasteiger partial charge in [-0.3, -0.25) is 0 Å². The molecule has 5 heteroatoms. The molecule has 96 valence electrons. The summed E-state index contributed by atoms with van der Waals surface area (Å²) in [5.74, 6) is -0.0601. The van der Waals surface area contributed by atoms with Crippen LogP contribution in [0.4, 0.5) is 4.39 Å². The molecule has 0 radical (unpaired) electrons. The number of hydrogen-bond acceptors (Lipinski definition) is 3. The van der Waals surface area contributed by atoms with Crippen LogP contribution in [0, 0.1) is 5.82 Å². The lowest BCUT2D eigenvalue weighted by Gasteiger charge is -2.04. The van der Waals surface area contributed by atoms with E-state index in [0.29, 0.717) is 28.5 Å². The molecule has 3 nitrogen and oxygen atoms in total. The molecule has 0 saturated heterocycles. The Kier molecular flexibility index (Phi) is 4.14. The van der Waals surface area contributed by atoms with Crippen LogP contribution in [0.25, 0.3) is 11.5 Å². The molecule has 0 atom stereocenters.